The molecule has 4 aliphatic carbocycles. The molecule has 4 heteroatoms. The molecule has 0 spiro atoms. The van der Waals surface area contributed by atoms with E-state index in [9.17, 15) is 14.7 Å². The molecule has 0 amide bonds. The number of aliphatic hydroxyl groups is 1. The van der Waals surface area contributed by atoms with Gasteiger partial charge in [-0.05, 0) is 102 Å². The predicted octanol–water partition coefficient (Wildman–Crippen LogP) is 6.50. The van der Waals surface area contributed by atoms with Crippen LogP contribution in [-0.2, 0) is 9.59 Å². The summed E-state index contributed by atoms with van der Waals surface area (Å²) in [6.45, 7) is 15.4. The first-order chi connectivity index (χ1) is 15.7. The lowest BCUT2D eigenvalue weighted by Gasteiger charge is -2.62. The van der Waals surface area contributed by atoms with Crippen LogP contribution < -0.4 is 0 Å². The molecule has 2 saturated carbocycles. The molecule has 0 aromatic rings. The third kappa shape index (κ3) is 3.50. The van der Waals surface area contributed by atoms with Gasteiger partial charge in [-0.25, -0.2) is 4.79 Å². The van der Waals surface area contributed by atoms with Gasteiger partial charge in [0, 0.05) is 12.0 Å². The zero-order chi connectivity index (χ0) is 25.3. The summed E-state index contributed by atoms with van der Waals surface area (Å²) in [5.74, 6) is 0.0737. The number of ketones is 1. The van der Waals surface area contributed by atoms with Gasteiger partial charge in [0.1, 0.15) is 0 Å². The van der Waals surface area contributed by atoms with E-state index in [2.05, 4.69) is 53.7 Å². The second kappa shape index (κ2) is 8.18. The van der Waals surface area contributed by atoms with E-state index >= 15 is 0 Å². The second-order valence-electron chi connectivity index (χ2n) is 13.2. The van der Waals surface area contributed by atoms with Crippen LogP contribution in [0.1, 0.15) is 93.4 Å². The lowest BCUT2D eigenvalue weighted by molar-refractivity contribution is -0.133. The van der Waals surface area contributed by atoms with Crippen molar-refractivity contribution < 1.29 is 19.8 Å². The van der Waals surface area contributed by atoms with Crippen molar-refractivity contribution in [2.45, 2.75) is 99.5 Å². The van der Waals surface area contributed by atoms with Crippen LogP contribution in [0.3, 0.4) is 0 Å². The molecular formula is C30H44O4. The maximum absolute atomic E-state index is 12.7. The van der Waals surface area contributed by atoms with Crippen molar-refractivity contribution in [3.8, 4) is 0 Å². The van der Waals surface area contributed by atoms with E-state index in [1.54, 1.807) is 5.57 Å². The van der Waals surface area contributed by atoms with Crippen molar-refractivity contribution in [2.75, 3.05) is 0 Å². The fourth-order valence-corrected chi connectivity index (χ4v) is 8.59. The zero-order valence-corrected chi connectivity index (χ0v) is 22.2. The van der Waals surface area contributed by atoms with Gasteiger partial charge in [0.25, 0.3) is 0 Å². The highest BCUT2D eigenvalue weighted by molar-refractivity contribution is 5.98. The zero-order valence-electron chi connectivity index (χ0n) is 22.2. The third-order valence-corrected chi connectivity index (χ3v) is 11.4. The standard InChI is InChI=1S/C30H44O4/c1-18(26(33)34)16-20(31)17-19(2)29(6)14-11-23-21-8-9-24-27(3,4)25(32)12-13-28(24,5)22(21)10-15-30(23,29)7/h8,11,16,19,22,24-25,32H,9-10,12-15,17H2,1-7H3,(H,33,34)/t19-,22-,24+,25-,28-,29-,30-/m1/s1. The molecule has 188 valence electrons. The Morgan fingerprint density at radius 1 is 1.12 bits per heavy atom. The summed E-state index contributed by atoms with van der Waals surface area (Å²) in [7, 11) is 0. The Morgan fingerprint density at radius 3 is 2.44 bits per heavy atom. The smallest absolute Gasteiger partial charge is 0.331 e. The molecule has 0 heterocycles. The monoisotopic (exact) mass is 468 g/mol. The van der Waals surface area contributed by atoms with Crippen LogP contribution in [-0.4, -0.2) is 28.1 Å². The van der Waals surface area contributed by atoms with Gasteiger partial charge >= 0.3 is 5.97 Å². The van der Waals surface area contributed by atoms with Gasteiger partial charge < -0.3 is 10.2 Å². The maximum Gasteiger partial charge on any atom is 0.331 e. The van der Waals surface area contributed by atoms with Gasteiger partial charge in [-0.15, -0.1) is 0 Å². The van der Waals surface area contributed by atoms with Crippen molar-refractivity contribution in [3.63, 3.8) is 0 Å². The maximum atomic E-state index is 12.7. The Kier molecular flexibility index (Phi) is 6.12. The summed E-state index contributed by atoms with van der Waals surface area (Å²) >= 11 is 0. The molecule has 4 aliphatic rings. The first kappa shape index (κ1) is 25.4. The molecular weight excluding hydrogens is 424 g/mol. The Morgan fingerprint density at radius 2 is 1.79 bits per heavy atom. The fourth-order valence-electron chi connectivity index (χ4n) is 8.59. The summed E-state index contributed by atoms with van der Waals surface area (Å²) < 4.78 is 0. The van der Waals surface area contributed by atoms with Crippen molar-refractivity contribution in [1.29, 1.82) is 0 Å². The second-order valence-corrected chi connectivity index (χ2v) is 13.2. The first-order valence-electron chi connectivity index (χ1n) is 13.2. The number of aliphatic carboxylic acids is 1. The molecule has 0 unspecified atom stereocenters. The number of carboxylic acid groups (broad SMARTS) is 1. The predicted molar refractivity (Wildman–Crippen MR) is 135 cm³/mol. The number of carbonyl (C=O) groups is 2. The largest absolute Gasteiger partial charge is 0.478 e. The van der Waals surface area contributed by atoms with Crippen LogP contribution >= 0.6 is 0 Å². The van der Waals surface area contributed by atoms with Crippen LogP contribution in [0.15, 0.2) is 34.9 Å². The fraction of sp³-hybridized carbons (Fsp3) is 0.733. The quantitative estimate of drug-likeness (QED) is 0.452. The highest BCUT2D eigenvalue weighted by atomic mass is 16.4. The highest BCUT2D eigenvalue weighted by Crippen LogP contribution is 2.70. The summed E-state index contributed by atoms with van der Waals surface area (Å²) in [6.07, 6.45) is 12.7. The van der Waals surface area contributed by atoms with Gasteiger partial charge in [-0.3, -0.25) is 4.79 Å². The number of rotatable bonds is 5. The van der Waals surface area contributed by atoms with Crippen LogP contribution in [0.2, 0.25) is 0 Å². The number of allylic oxidation sites excluding steroid dienone is 5. The van der Waals surface area contributed by atoms with E-state index in [0.717, 1.165) is 38.5 Å². The summed E-state index contributed by atoms with van der Waals surface area (Å²) in [4.78, 5) is 23.8. The summed E-state index contributed by atoms with van der Waals surface area (Å²) in [6, 6.07) is 0. The summed E-state index contributed by atoms with van der Waals surface area (Å²) in [5, 5.41) is 19.9. The Bertz CT molecular complexity index is 984. The van der Waals surface area contributed by atoms with Crippen LogP contribution in [0, 0.1) is 39.4 Å². The number of hydrogen-bond donors (Lipinski definition) is 2. The molecule has 0 bridgehead atoms. The van der Waals surface area contributed by atoms with E-state index in [0.29, 0.717) is 18.3 Å². The minimum Gasteiger partial charge on any atom is -0.478 e. The molecule has 34 heavy (non-hydrogen) atoms. The molecule has 0 saturated heterocycles. The van der Waals surface area contributed by atoms with Crippen molar-refractivity contribution in [2.24, 2.45) is 39.4 Å². The molecule has 0 radical (unpaired) electrons. The molecule has 4 rings (SSSR count). The van der Waals surface area contributed by atoms with E-state index < -0.39 is 5.97 Å². The Hall–Kier alpha value is -1.68. The molecule has 2 N–H and O–H groups in total. The van der Waals surface area contributed by atoms with E-state index in [4.69, 9.17) is 5.11 Å². The van der Waals surface area contributed by atoms with Gasteiger partial charge in [0.15, 0.2) is 5.78 Å². The van der Waals surface area contributed by atoms with Crippen molar-refractivity contribution >= 4 is 11.8 Å². The number of carbonyl (C=O) groups excluding carboxylic acids is 1. The molecule has 0 aliphatic heterocycles. The average molecular weight is 469 g/mol. The van der Waals surface area contributed by atoms with E-state index in [1.807, 2.05) is 0 Å². The van der Waals surface area contributed by atoms with E-state index in [-0.39, 0.29) is 45.0 Å². The SMILES string of the molecule is CC(=CC(=O)C[C@@H](C)[C@@]1(C)CC=C2C3=CC[C@H]4C(C)(C)[C@H](O)CC[C@]4(C)[C@@H]3CC[C@]21C)C(=O)O. The normalized spacial score (nSPS) is 42.0. The van der Waals surface area contributed by atoms with Crippen LogP contribution in [0.4, 0.5) is 0 Å². The summed E-state index contributed by atoms with van der Waals surface area (Å²) in [5.41, 5.74) is 3.30. The van der Waals surface area contributed by atoms with Gasteiger partial charge in [0.2, 0.25) is 0 Å². The van der Waals surface area contributed by atoms with Crippen molar-refractivity contribution in [1.82, 2.24) is 0 Å². The topological polar surface area (TPSA) is 74.6 Å². The lowest BCUT2D eigenvalue weighted by atomic mass is 9.43. The lowest BCUT2D eigenvalue weighted by Crippen LogP contribution is -2.56. The minimum absolute atomic E-state index is 0.0213. The van der Waals surface area contributed by atoms with Crippen molar-refractivity contribution in [3.05, 3.63) is 34.9 Å². The number of fused-ring (bicyclic) bond motifs is 5. The van der Waals surface area contributed by atoms with Gasteiger partial charge in [0.05, 0.1) is 6.10 Å². The number of aliphatic hydroxyl groups excluding tert-OH is 1. The molecule has 7 atom stereocenters. The third-order valence-electron chi connectivity index (χ3n) is 11.4. The average Bonchev–Trinajstić information content (AvgIpc) is 3.03. The highest BCUT2D eigenvalue weighted by Gasteiger charge is 2.61. The van der Waals surface area contributed by atoms with Gasteiger partial charge in [-0.2, -0.15) is 0 Å². The Balaban J connectivity index is 1.61. The number of hydrogen-bond acceptors (Lipinski definition) is 3. The molecule has 4 nitrogen and oxygen atoms in total. The minimum atomic E-state index is -1.03. The van der Waals surface area contributed by atoms with Gasteiger partial charge in [-0.1, -0.05) is 53.7 Å². The first-order valence-corrected chi connectivity index (χ1v) is 13.2. The number of carboxylic acids is 1. The Labute approximate surface area is 205 Å². The molecule has 0 aromatic heterocycles. The van der Waals surface area contributed by atoms with Crippen LogP contribution in [0.5, 0.6) is 0 Å². The molecule has 0 aromatic carbocycles. The molecule has 2 fully saturated rings. The van der Waals surface area contributed by atoms with Crippen LogP contribution in [0.25, 0.3) is 0 Å². The van der Waals surface area contributed by atoms with E-state index in [1.165, 1.54) is 18.6 Å².